The van der Waals surface area contributed by atoms with Gasteiger partial charge in [0.15, 0.2) is 0 Å². The number of benzene rings is 3. The number of ether oxygens (including phenoxy) is 2. The highest BCUT2D eigenvalue weighted by Gasteiger charge is 2.10. The summed E-state index contributed by atoms with van der Waals surface area (Å²) in [5.41, 5.74) is 3.49. The molecule has 0 aliphatic heterocycles. The topological polar surface area (TPSA) is 84.2 Å². The lowest BCUT2D eigenvalue weighted by Gasteiger charge is -2.12. The van der Waals surface area contributed by atoms with Crippen LogP contribution in [0.1, 0.15) is 32.2 Å². The molecular weight excluding hydrogens is 434 g/mol. The van der Waals surface area contributed by atoms with Crippen molar-refractivity contribution in [3.63, 3.8) is 0 Å². The molecule has 0 spiro atoms. The first-order valence-corrected chi connectivity index (χ1v) is 11.1. The van der Waals surface area contributed by atoms with E-state index in [4.69, 9.17) is 14.7 Å². The molecular formula is C26H21N3O3S. The number of carbonyl (C=O) groups excluding carboxylic acids is 1. The smallest absolute Gasteiger partial charge is 0.255 e. The molecule has 0 fully saturated rings. The summed E-state index contributed by atoms with van der Waals surface area (Å²) in [6.07, 6.45) is 0. The minimum atomic E-state index is -0.228. The Kier molecular flexibility index (Phi) is 6.67. The maximum atomic E-state index is 12.8. The van der Waals surface area contributed by atoms with Gasteiger partial charge in [-0.25, -0.2) is 4.98 Å². The van der Waals surface area contributed by atoms with Crippen LogP contribution in [0.3, 0.4) is 0 Å². The van der Waals surface area contributed by atoms with E-state index < -0.39 is 0 Å². The van der Waals surface area contributed by atoms with E-state index in [1.165, 1.54) is 0 Å². The highest BCUT2D eigenvalue weighted by atomic mass is 32.1. The van der Waals surface area contributed by atoms with Crippen LogP contribution < -0.4 is 14.8 Å². The first kappa shape index (κ1) is 22.1. The molecule has 1 heterocycles. The summed E-state index contributed by atoms with van der Waals surface area (Å²) in [5.74, 6) is 1.66. The van der Waals surface area contributed by atoms with E-state index >= 15 is 0 Å². The number of amides is 1. The average Bonchev–Trinajstić information content (AvgIpc) is 3.25. The second kappa shape index (κ2) is 9.98. The number of thiazole rings is 1. The molecule has 0 aliphatic carbocycles. The van der Waals surface area contributed by atoms with Crippen molar-refractivity contribution < 1.29 is 14.3 Å². The van der Waals surface area contributed by atoms with Gasteiger partial charge >= 0.3 is 0 Å². The van der Waals surface area contributed by atoms with Gasteiger partial charge in [-0.15, -0.1) is 11.3 Å². The van der Waals surface area contributed by atoms with E-state index in [1.807, 2.05) is 31.4 Å². The second-order valence-corrected chi connectivity index (χ2v) is 8.41. The number of rotatable bonds is 7. The zero-order valence-corrected chi connectivity index (χ0v) is 19.0. The minimum absolute atomic E-state index is 0.228. The van der Waals surface area contributed by atoms with Gasteiger partial charge in [0.05, 0.1) is 22.3 Å². The number of aromatic nitrogens is 1. The van der Waals surface area contributed by atoms with E-state index in [2.05, 4.69) is 16.4 Å². The molecule has 33 heavy (non-hydrogen) atoms. The predicted molar refractivity (Wildman–Crippen MR) is 128 cm³/mol. The SMILES string of the molecule is Cc1nc(COc2cccc(C(=O)Nc3ccc(Oc4ccc(C#N)cc4)cc3C)c2)cs1. The van der Waals surface area contributed by atoms with Crippen LogP contribution in [0.15, 0.2) is 72.1 Å². The van der Waals surface area contributed by atoms with Crippen LogP contribution in [0.2, 0.25) is 0 Å². The molecule has 3 aromatic carbocycles. The lowest BCUT2D eigenvalue weighted by atomic mass is 10.1. The fraction of sp³-hybridized carbons (Fsp3) is 0.115. The molecule has 0 bridgehead atoms. The van der Waals surface area contributed by atoms with E-state index in [1.54, 1.807) is 65.9 Å². The first-order valence-electron chi connectivity index (χ1n) is 10.2. The molecule has 4 aromatic rings. The van der Waals surface area contributed by atoms with E-state index in [0.29, 0.717) is 40.7 Å². The Morgan fingerprint density at radius 1 is 1.03 bits per heavy atom. The Morgan fingerprint density at radius 2 is 1.82 bits per heavy atom. The van der Waals surface area contributed by atoms with Crippen LogP contribution >= 0.6 is 11.3 Å². The quantitative estimate of drug-likeness (QED) is 0.356. The molecule has 4 rings (SSSR count). The lowest BCUT2D eigenvalue weighted by Crippen LogP contribution is -2.13. The van der Waals surface area contributed by atoms with Crippen molar-refractivity contribution in [3.8, 4) is 23.3 Å². The van der Waals surface area contributed by atoms with Gasteiger partial charge in [-0.2, -0.15) is 5.26 Å². The Balaban J connectivity index is 1.40. The molecule has 0 saturated heterocycles. The summed E-state index contributed by atoms with van der Waals surface area (Å²) in [6, 6.07) is 21.5. The largest absolute Gasteiger partial charge is 0.487 e. The fourth-order valence-electron chi connectivity index (χ4n) is 3.13. The van der Waals surface area contributed by atoms with Crippen LogP contribution in [0.25, 0.3) is 0 Å². The monoisotopic (exact) mass is 455 g/mol. The fourth-order valence-corrected chi connectivity index (χ4v) is 3.72. The minimum Gasteiger partial charge on any atom is -0.487 e. The predicted octanol–water partition coefficient (Wildman–Crippen LogP) is 6.26. The molecule has 1 N–H and O–H groups in total. The number of aryl methyl sites for hydroxylation is 2. The second-order valence-electron chi connectivity index (χ2n) is 7.34. The van der Waals surface area contributed by atoms with Gasteiger partial charge in [-0.3, -0.25) is 4.79 Å². The van der Waals surface area contributed by atoms with Gasteiger partial charge in [0.2, 0.25) is 0 Å². The third kappa shape index (κ3) is 5.76. The zero-order chi connectivity index (χ0) is 23.2. The maximum Gasteiger partial charge on any atom is 0.255 e. The average molecular weight is 456 g/mol. The number of anilines is 1. The number of nitrogens with one attached hydrogen (secondary N) is 1. The summed E-state index contributed by atoms with van der Waals surface area (Å²) >= 11 is 1.58. The number of hydrogen-bond donors (Lipinski definition) is 1. The van der Waals surface area contributed by atoms with Crippen molar-refractivity contribution in [2.45, 2.75) is 20.5 Å². The number of carbonyl (C=O) groups is 1. The van der Waals surface area contributed by atoms with Crippen LogP contribution in [0, 0.1) is 25.2 Å². The summed E-state index contributed by atoms with van der Waals surface area (Å²) in [4.78, 5) is 17.2. The van der Waals surface area contributed by atoms with Crippen molar-refractivity contribution in [3.05, 3.63) is 99.5 Å². The number of hydrogen-bond acceptors (Lipinski definition) is 6. The van der Waals surface area contributed by atoms with Crippen molar-refractivity contribution in [2.75, 3.05) is 5.32 Å². The summed E-state index contributed by atoms with van der Waals surface area (Å²) < 4.78 is 11.6. The van der Waals surface area contributed by atoms with Crippen molar-refractivity contribution in [2.24, 2.45) is 0 Å². The Labute approximate surface area is 196 Å². The molecule has 0 unspecified atom stereocenters. The van der Waals surface area contributed by atoms with Gasteiger partial charge in [0.25, 0.3) is 5.91 Å². The van der Waals surface area contributed by atoms with E-state index in [9.17, 15) is 4.79 Å². The first-order chi connectivity index (χ1) is 16.0. The van der Waals surface area contributed by atoms with Crippen LogP contribution in [0.5, 0.6) is 17.2 Å². The van der Waals surface area contributed by atoms with Gasteiger partial charge in [-0.1, -0.05) is 6.07 Å². The third-order valence-electron chi connectivity index (χ3n) is 4.81. The molecule has 0 aliphatic rings. The van der Waals surface area contributed by atoms with Crippen molar-refractivity contribution in [1.82, 2.24) is 4.98 Å². The molecule has 1 amide bonds. The summed E-state index contributed by atoms with van der Waals surface area (Å²) in [7, 11) is 0. The normalized spacial score (nSPS) is 10.3. The molecule has 0 atom stereocenters. The van der Waals surface area contributed by atoms with Crippen molar-refractivity contribution >= 4 is 22.9 Å². The maximum absolute atomic E-state index is 12.8. The number of nitrogens with zero attached hydrogens (tertiary/aromatic N) is 2. The van der Waals surface area contributed by atoms with Crippen LogP contribution in [-0.2, 0) is 6.61 Å². The number of nitriles is 1. The van der Waals surface area contributed by atoms with Crippen LogP contribution in [0.4, 0.5) is 5.69 Å². The molecule has 7 heteroatoms. The van der Waals surface area contributed by atoms with Gasteiger partial charge in [0, 0.05) is 16.6 Å². The summed E-state index contributed by atoms with van der Waals surface area (Å²) in [6.45, 7) is 4.21. The van der Waals surface area contributed by atoms with E-state index in [-0.39, 0.29) is 5.91 Å². The van der Waals surface area contributed by atoms with Gasteiger partial charge in [-0.05, 0) is 80.1 Å². The zero-order valence-electron chi connectivity index (χ0n) is 18.2. The molecule has 1 aromatic heterocycles. The lowest BCUT2D eigenvalue weighted by molar-refractivity contribution is 0.102. The Morgan fingerprint density at radius 3 is 2.52 bits per heavy atom. The summed E-state index contributed by atoms with van der Waals surface area (Å²) in [5, 5.41) is 14.8. The Hall–Kier alpha value is -4.15. The molecule has 0 radical (unpaired) electrons. The third-order valence-corrected chi connectivity index (χ3v) is 5.64. The van der Waals surface area contributed by atoms with Crippen LogP contribution in [-0.4, -0.2) is 10.9 Å². The van der Waals surface area contributed by atoms with Gasteiger partial charge < -0.3 is 14.8 Å². The Bertz CT molecular complexity index is 1320. The van der Waals surface area contributed by atoms with Gasteiger partial charge in [0.1, 0.15) is 23.9 Å². The highest BCUT2D eigenvalue weighted by Crippen LogP contribution is 2.27. The standard InChI is InChI=1S/C26H21N3O3S/c1-17-12-24(32-22-8-6-19(14-27)7-9-22)10-11-25(17)29-26(30)20-4-3-5-23(13-20)31-15-21-16-33-18(2)28-21/h3-13,16H,15H2,1-2H3,(H,29,30). The molecule has 0 saturated carbocycles. The van der Waals surface area contributed by atoms with Crippen molar-refractivity contribution in [1.29, 1.82) is 5.26 Å². The van der Waals surface area contributed by atoms with E-state index in [0.717, 1.165) is 16.3 Å². The molecule has 164 valence electrons. The molecule has 6 nitrogen and oxygen atoms in total. The highest BCUT2D eigenvalue weighted by molar-refractivity contribution is 7.09.